The van der Waals surface area contributed by atoms with Crippen molar-refractivity contribution < 1.29 is 4.84 Å². The molecule has 0 amide bonds. The van der Waals surface area contributed by atoms with E-state index in [1.165, 1.54) is 6.33 Å². The summed E-state index contributed by atoms with van der Waals surface area (Å²) in [6.45, 7) is 0.388. The number of hydrogen-bond acceptors (Lipinski definition) is 4. The molecule has 0 aliphatic heterocycles. The minimum absolute atomic E-state index is 0.388. The predicted molar refractivity (Wildman–Crippen MR) is 95.0 cm³/mol. The molecule has 0 fully saturated rings. The fraction of sp³-hybridized carbons (Fsp3) is 0.0588. The first-order valence-corrected chi connectivity index (χ1v) is 7.90. The molecule has 0 aliphatic carbocycles. The normalized spacial score (nSPS) is 11.5. The quantitative estimate of drug-likeness (QED) is 0.667. The fourth-order valence-electron chi connectivity index (χ4n) is 1.98. The molecule has 1 heterocycles. The van der Waals surface area contributed by atoms with Gasteiger partial charge in [0.15, 0.2) is 0 Å². The first kappa shape index (κ1) is 16.5. The molecule has 1 N–H and O–H groups in total. The number of halogens is 2. The smallest absolute Gasteiger partial charge is 0.138 e. The van der Waals surface area contributed by atoms with Crippen LogP contribution < -0.4 is 5.48 Å². The molecule has 122 valence electrons. The molecule has 0 atom stereocenters. The molecule has 7 heteroatoms. The van der Waals surface area contributed by atoms with Gasteiger partial charge in [0.2, 0.25) is 0 Å². The van der Waals surface area contributed by atoms with Crippen LogP contribution in [0.2, 0.25) is 10.0 Å². The fourth-order valence-corrected chi connectivity index (χ4v) is 2.24. The van der Waals surface area contributed by atoms with Crippen LogP contribution in [0, 0.1) is 0 Å². The van der Waals surface area contributed by atoms with Gasteiger partial charge < -0.3 is 0 Å². The van der Waals surface area contributed by atoms with Crippen LogP contribution in [0.4, 0.5) is 0 Å². The average molecular weight is 361 g/mol. The van der Waals surface area contributed by atoms with Gasteiger partial charge in [0, 0.05) is 15.6 Å². The number of aromatic nitrogens is 3. The molecular weight excluding hydrogens is 347 g/mol. The second-order valence-electron chi connectivity index (χ2n) is 4.94. The van der Waals surface area contributed by atoms with Gasteiger partial charge in [-0.1, -0.05) is 47.5 Å². The Balaban J connectivity index is 1.72. The zero-order valence-corrected chi connectivity index (χ0v) is 14.1. The van der Waals surface area contributed by atoms with Crippen molar-refractivity contribution in [1.29, 1.82) is 0 Å². The Kier molecular flexibility index (Phi) is 5.48. The molecule has 0 saturated carbocycles. The summed E-state index contributed by atoms with van der Waals surface area (Å²) in [5.41, 5.74) is 5.59. The Bertz CT molecular complexity index is 800. The van der Waals surface area contributed by atoms with Gasteiger partial charge in [0.1, 0.15) is 12.7 Å². The third kappa shape index (κ3) is 4.58. The molecule has 0 saturated heterocycles. The van der Waals surface area contributed by atoms with Crippen molar-refractivity contribution in [2.75, 3.05) is 0 Å². The number of nitrogens with zero attached hydrogens (tertiary/aromatic N) is 3. The second-order valence-corrected chi connectivity index (χ2v) is 5.82. The molecular formula is C17H14Cl2N4O. The minimum atomic E-state index is 0.388. The molecule has 5 nitrogen and oxygen atoms in total. The summed E-state index contributed by atoms with van der Waals surface area (Å²) < 4.78 is 1.59. The molecule has 0 spiro atoms. The standard InChI is InChI=1S/C17H14Cl2N4O/c18-15-5-1-13(2-6-15)10-24-22-17(9-23-12-20-11-21-23)14-3-7-16(19)8-4-14/h1-9,11-12,22H,10H2. The summed E-state index contributed by atoms with van der Waals surface area (Å²) in [5.74, 6) is 0. The summed E-state index contributed by atoms with van der Waals surface area (Å²) in [6, 6.07) is 14.9. The van der Waals surface area contributed by atoms with Crippen molar-refractivity contribution in [3.05, 3.63) is 82.4 Å². The van der Waals surface area contributed by atoms with Crippen LogP contribution in [0.25, 0.3) is 11.9 Å². The van der Waals surface area contributed by atoms with Gasteiger partial charge in [-0.25, -0.2) is 9.67 Å². The van der Waals surface area contributed by atoms with Crippen molar-refractivity contribution in [3.8, 4) is 0 Å². The first-order chi connectivity index (χ1) is 11.7. The van der Waals surface area contributed by atoms with Crippen LogP contribution in [0.3, 0.4) is 0 Å². The average Bonchev–Trinajstić information content (AvgIpc) is 3.10. The molecule has 0 radical (unpaired) electrons. The molecule has 1 aromatic heterocycles. The Morgan fingerprint density at radius 3 is 2.33 bits per heavy atom. The van der Waals surface area contributed by atoms with E-state index in [9.17, 15) is 0 Å². The highest BCUT2D eigenvalue weighted by Crippen LogP contribution is 2.17. The number of rotatable bonds is 6. The van der Waals surface area contributed by atoms with Gasteiger partial charge in [-0.05, 0) is 29.8 Å². The predicted octanol–water partition coefficient (Wildman–Crippen LogP) is 4.26. The summed E-state index contributed by atoms with van der Waals surface area (Å²) in [6.07, 6.45) is 4.83. The van der Waals surface area contributed by atoms with E-state index >= 15 is 0 Å². The van der Waals surface area contributed by atoms with Crippen molar-refractivity contribution in [3.63, 3.8) is 0 Å². The van der Waals surface area contributed by atoms with Crippen molar-refractivity contribution in [2.24, 2.45) is 0 Å². The van der Waals surface area contributed by atoms with Crippen LogP contribution in [-0.4, -0.2) is 14.8 Å². The maximum Gasteiger partial charge on any atom is 0.138 e. The molecule has 0 bridgehead atoms. The summed E-state index contributed by atoms with van der Waals surface area (Å²) >= 11 is 11.8. The molecule has 2 aromatic carbocycles. The Hall–Kier alpha value is -2.34. The zero-order valence-electron chi connectivity index (χ0n) is 12.6. The van der Waals surface area contributed by atoms with E-state index < -0.39 is 0 Å². The van der Waals surface area contributed by atoms with Gasteiger partial charge in [0.25, 0.3) is 0 Å². The molecule has 24 heavy (non-hydrogen) atoms. The molecule has 0 unspecified atom stereocenters. The monoisotopic (exact) mass is 360 g/mol. The summed E-state index contributed by atoms with van der Waals surface area (Å²) in [4.78, 5) is 9.52. The first-order valence-electron chi connectivity index (χ1n) is 7.15. The summed E-state index contributed by atoms with van der Waals surface area (Å²) in [5, 5.41) is 5.43. The van der Waals surface area contributed by atoms with E-state index in [2.05, 4.69) is 15.6 Å². The van der Waals surface area contributed by atoms with Gasteiger partial charge in [-0.3, -0.25) is 10.3 Å². The lowest BCUT2D eigenvalue weighted by molar-refractivity contribution is 0.0649. The van der Waals surface area contributed by atoms with E-state index in [1.54, 1.807) is 17.2 Å². The third-order valence-corrected chi connectivity index (χ3v) is 3.69. The maximum absolute atomic E-state index is 5.95. The largest absolute Gasteiger partial charge is 0.271 e. The van der Waals surface area contributed by atoms with Gasteiger partial charge in [0.05, 0.1) is 18.5 Å². The highest BCUT2D eigenvalue weighted by molar-refractivity contribution is 6.30. The molecule has 0 aliphatic rings. The second kappa shape index (κ2) is 7.97. The van der Waals surface area contributed by atoms with E-state index in [0.717, 1.165) is 16.8 Å². The van der Waals surface area contributed by atoms with Crippen molar-refractivity contribution in [1.82, 2.24) is 20.2 Å². The van der Waals surface area contributed by atoms with Crippen LogP contribution in [-0.2, 0) is 11.4 Å². The van der Waals surface area contributed by atoms with Crippen LogP contribution in [0.1, 0.15) is 11.1 Å². The summed E-state index contributed by atoms with van der Waals surface area (Å²) in [7, 11) is 0. The topological polar surface area (TPSA) is 52.0 Å². The van der Waals surface area contributed by atoms with Crippen LogP contribution in [0.15, 0.2) is 61.2 Å². The molecule has 3 rings (SSSR count). The third-order valence-electron chi connectivity index (χ3n) is 3.19. The lowest BCUT2D eigenvalue weighted by Crippen LogP contribution is -2.14. The van der Waals surface area contributed by atoms with E-state index in [-0.39, 0.29) is 0 Å². The number of hydrogen-bond donors (Lipinski definition) is 1. The lowest BCUT2D eigenvalue weighted by atomic mass is 10.2. The zero-order chi connectivity index (χ0) is 16.8. The SMILES string of the molecule is Clc1ccc(CONC(=Cn2cncn2)c2ccc(Cl)cc2)cc1. The van der Waals surface area contributed by atoms with E-state index in [0.29, 0.717) is 16.7 Å². The van der Waals surface area contributed by atoms with Crippen molar-refractivity contribution in [2.45, 2.75) is 6.61 Å². The van der Waals surface area contributed by atoms with Crippen molar-refractivity contribution >= 4 is 35.1 Å². The van der Waals surface area contributed by atoms with Gasteiger partial charge in [-0.2, -0.15) is 5.10 Å². The van der Waals surface area contributed by atoms with Gasteiger partial charge in [-0.15, -0.1) is 0 Å². The maximum atomic E-state index is 5.95. The lowest BCUT2D eigenvalue weighted by Gasteiger charge is -2.12. The van der Waals surface area contributed by atoms with E-state index in [4.69, 9.17) is 28.0 Å². The number of hydroxylamine groups is 1. The van der Waals surface area contributed by atoms with Crippen LogP contribution in [0.5, 0.6) is 0 Å². The number of nitrogens with one attached hydrogen (secondary N) is 1. The molecule has 3 aromatic rings. The minimum Gasteiger partial charge on any atom is -0.271 e. The van der Waals surface area contributed by atoms with Gasteiger partial charge >= 0.3 is 0 Å². The number of benzene rings is 2. The Morgan fingerprint density at radius 1 is 1.04 bits per heavy atom. The Labute approximate surface area is 149 Å². The van der Waals surface area contributed by atoms with Crippen LogP contribution >= 0.6 is 23.2 Å². The Morgan fingerprint density at radius 2 is 1.71 bits per heavy atom. The highest BCUT2D eigenvalue weighted by atomic mass is 35.5. The van der Waals surface area contributed by atoms with E-state index in [1.807, 2.05) is 48.5 Å². The highest BCUT2D eigenvalue weighted by Gasteiger charge is 2.04.